The average molecular weight is 269 g/mol. The van der Waals surface area contributed by atoms with Crippen LogP contribution >= 0.6 is 0 Å². The molecule has 0 aromatic heterocycles. The highest BCUT2D eigenvalue weighted by molar-refractivity contribution is 7.86. The van der Waals surface area contributed by atoms with Crippen LogP contribution in [-0.2, 0) is 14.9 Å². The van der Waals surface area contributed by atoms with E-state index < -0.39 is 15.0 Å². The van der Waals surface area contributed by atoms with Crippen molar-refractivity contribution in [1.82, 2.24) is 0 Å². The summed E-state index contributed by atoms with van der Waals surface area (Å²) in [6.07, 6.45) is 0.120. The van der Waals surface area contributed by atoms with Crippen molar-refractivity contribution in [3.63, 3.8) is 0 Å². The van der Waals surface area contributed by atoms with Crippen molar-refractivity contribution in [3.8, 4) is 0 Å². The zero-order valence-corrected chi connectivity index (χ0v) is 10.3. The van der Waals surface area contributed by atoms with Crippen LogP contribution in [0.1, 0.15) is 13.3 Å². The Morgan fingerprint density at radius 1 is 1.44 bits per heavy atom. The molecule has 0 radical (unpaired) electrons. The zero-order chi connectivity index (χ0) is 13.5. The lowest BCUT2D eigenvalue weighted by Crippen LogP contribution is -2.22. The van der Waals surface area contributed by atoms with E-state index in [1.165, 1.54) is 12.1 Å². The summed E-state index contributed by atoms with van der Waals surface area (Å²) in [6, 6.07) is 3.85. The SMILES string of the molecule is CC1=NN(c2ccc(N)cc2S(=O)(=O)O)C(=O)C1. The number of anilines is 2. The molecule has 0 unspecified atom stereocenters. The average Bonchev–Trinajstić information content (AvgIpc) is 2.56. The second kappa shape index (κ2) is 4.07. The highest BCUT2D eigenvalue weighted by atomic mass is 32.2. The van der Waals surface area contributed by atoms with E-state index in [1.54, 1.807) is 6.92 Å². The van der Waals surface area contributed by atoms with Gasteiger partial charge >= 0.3 is 0 Å². The van der Waals surface area contributed by atoms with E-state index in [2.05, 4.69) is 5.10 Å². The topological polar surface area (TPSA) is 113 Å². The van der Waals surface area contributed by atoms with Crippen LogP contribution in [0, 0.1) is 0 Å². The highest BCUT2D eigenvalue weighted by Gasteiger charge is 2.28. The minimum absolute atomic E-state index is 0.00597. The van der Waals surface area contributed by atoms with Gasteiger partial charge < -0.3 is 5.73 Å². The first-order valence-electron chi connectivity index (χ1n) is 5.03. The molecule has 1 heterocycles. The quantitative estimate of drug-likeness (QED) is 0.603. The zero-order valence-electron chi connectivity index (χ0n) is 9.49. The van der Waals surface area contributed by atoms with Gasteiger partial charge in [0.2, 0.25) is 0 Å². The summed E-state index contributed by atoms with van der Waals surface area (Å²) in [7, 11) is -4.48. The van der Waals surface area contributed by atoms with Gasteiger partial charge in [0.25, 0.3) is 16.0 Å². The summed E-state index contributed by atoms with van der Waals surface area (Å²) in [5.41, 5.74) is 6.20. The molecule has 18 heavy (non-hydrogen) atoms. The van der Waals surface area contributed by atoms with Crippen molar-refractivity contribution in [2.24, 2.45) is 5.10 Å². The molecular weight excluding hydrogens is 258 g/mol. The molecule has 0 aliphatic carbocycles. The third-order valence-electron chi connectivity index (χ3n) is 2.40. The Balaban J connectivity index is 2.62. The number of hydrogen-bond donors (Lipinski definition) is 2. The minimum atomic E-state index is -4.48. The number of nitrogens with two attached hydrogens (primary N) is 1. The van der Waals surface area contributed by atoms with E-state index in [9.17, 15) is 13.2 Å². The first-order chi connectivity index (χ1) is 8.29. The molecule has 1 aromatic rings. The molecule has 0 saturated carbocycles. The second-order valence-electron chi connectivity index (χ2n) is 3.92. The fraction of sp³-hybridized carbons (Fsp3) is 0.200. The van der Waals surface area contributed by atoms with Crippen LogP contribution in [0.2, 0.25) is 0 Å². The van der Waals surface area contributed by atoms with Gasteiger partial charge in [-0.1, -0.05) is 0 Å². The van der Waals surface area contributed by atoms with Gasteiger partial charge in [0, 0.05) is 11.4 Å². The lowest BCUT2D eigenvalue weighted by Gasteiger charge is -2.15. The molecule has 8 heteroatoms. The fourth-order valence-electron chi connectivity index (χ4n) is 1.66. The summed E-state index contributed by atoms with van der Waals surface area (Å²) >= 11 is 0. The van der Waals surface area contributed by atoms with Crippen LogP contribution in [0.25, 0.3) is 0 Å². The predicted octanol–water partition coefficient (Wildman–Crippen LogP) is 0.628. The molecule has 0 bridgehead atoms. The third-order valence-corrected chi connectivity index (χ3v) is 3.29. The van der Waals surface area contributed by atoms with Gasteiger partial charge in [0.1, 0.15) is 4.90 Å². The van der Waals surface area contributed by atoms with Gasteiger partial charge in [-0.15, -0.1) is 0 Å². The van der Waals surface area contributed by atoms with Crippen molar-refractivity contribution in [2.75, 3.05) is 10.7 Å². The van der Waals surface area contributed by atoms with Crippen molar-refractivity contribution in [3.05, 3.63) is 18.2 Å². The Bertz CT molecular complexity index is 651. The first-order valence-corrected chi connectivity index (χ1v) is 6.47. The van der Waals surface area contributed by atoms with E-state index in [4.69, 9.17) is 10.3 Å². The Kier molecular flexibility index (Phi) is 2.83. The molecule has 1 aromatic carbocycles. The van der Waals surface area contributed by atoms with E-state index in [0.717, 1.165) is 11.1 Å². The molecule has 1 amide bonds. The summed E-state index contributed by atoms with van der Waals surface area (Å²) in [5.74, 6) is -0.359. The lowest BCUT2D eigenvalue weighted by molar-refractivity contribution is -0.116. The largest absolute Gasteiger partial charge is 0.399 e. The van der Waals surface area contributed by atoms with E-state index >= 15 is 0 Å². The molecule has 0 saturated heterocycles. The maximum atomic E-state index is 11.7. The lowest BCUT2D eigenvalue weighted by atomic mass is 10.2. The normalized spacial score (nSPS) is 16.0. The van der Waals surface area contributed by atoms with Crippen LogP contribution < -0.4 is 10.7 Å². The number of carbonyl (C=O) groups excluding carboxylic acids is 1. The first kappa shape index (κ1) is 12.5. The number of benzene rings is 1. The highest BCUT2D eigenvalue weighted by Crippen LogP contribution is 2.30. The van der Waals surface area contributed by atoms with E-state index in [1.807, 2.05) is 0 Å². The summed E-state index contributed by atoms with van der Waals surface area (Å²) in [6.45, 7) is 1.66. The standard InChI is InChI=1S/C10H11N3O4S/c1-6-4-10(14)13(12-6)8-3-2-7(11)5-9(8)18(15,16)17/h2-3,5H,4,11H2,1H3,(H,15,16,17). The minimum Gasteiger partial charge on any atom is -0.399 e. The van der Waals surface area contributed by atoms with Crippen LogP contribution in [0.5, 0.6) is 0 Å². The second-order valence-corrected chi connectivity index (χ2v) is 5.31. The van der Waals surface area contributed by atoms with Gasteiger partial charge in [-0.3, -0.25) is 9.35 Å². The van der Waals surface area contributed by atoms with Crippen molar-refractivity contribution in [1.29, 1.82) is 0 Å². The van der Waals surface area contributed by atoms with Gasteiger partial charge in [0.05, 0.1) is 12.1 Å². The van der Waals surface area contributed by atoms with Crippen molar-refractivity contribution >= 4 is 33.1 Å². The maximum absolute atomic E-state index is 11.7. The molecule has 0 spiro atoms. The van der Waals surface area contributed by atoms with Crippen molar-refractivity contribution in [2.45, 2.75) is 18.2 Å². The molecular formula is C10H11N3O4S. The Labute approximate surface area is 104 Å². The number of nitrogen functional groups attached to an aromatic ring is 1. The number of hydrazone groups is 1. The molecule has 0 fully saturated rings. The summed E-state index contributed by atoms with van der Waals surface area (Å²) in [4.78, 5) is 11.2. The van der Waals surface area contributed by atoms with Gasteiger partial charge in [0.15, 0.2) is 0 Å². The predicted molar refractivity (Wildman–Crippen MR) is 65.9 cm³/mol. The van der Waals surface area contributed by atoms with Crippen LogP contribution in [0.4, 0.5) is 11.4 Å². The number of amides is 1. The van der Waals surface area contributed by atoms with Crippen LogP contribution in [0.3, 0.4) is 0 Å². The Morgan fingerprint density at radius 2 is 2.11 bits per heavy atom. The molecule has 0 atom stereocenters. The summed E-state index contributed by atoms with van der Waals surface area (Å²) < 4.78 is 31.7. The molecule has 1 aliphatic rings. The smallest absolute Gasteiger partial charge is 0.296 e. The van der Waals surface area contributed by atoms with Crippen LogP contribution in [-0.4, -0.2) is 24.6 Å². The number of rotatable bonds is 2. The Morgan fingerprint density at radius 3 is 2.61 bits per heavy atom. The van der Waals surface area contributed by atoms with E-state index in [-0.39, 0.29) is 23.7 Å². The number of nitrogens with zero attached hydrogens (tertiary/aromatic N) is 2. The molecule has 7 nitrogen and oxygen atoms in total. The number of hydrogen-bond acceptors (Lipinski definition) is 5. The molecule has 2 rings (SSSR count). The molecule has 3 N–H and O–H groups in total. The number of carbonyl (C=O) groups is 1. The summed E-state index contributed by atoms with van der Waals surface area (Å²) in [5, 5.41) is 4.88. The van der Waals surface area contributed by atoms with Gasteiger partial charge in [-0.05, 0) is 25.1 Å². The van der Waals surface area contributed by atoms with Crippen molar-refractivity contribution < 1.29 is 17.8 Å². The van der Waals surface area contributed by atoms with Gasteiger partial charge in [-0.25, -0.2) is 0 Å². The van der Waals surface area contributed by atoms with Gasteiger partial charge in [-0.2, -0.15) is 18.5 Å². The molecule has 1 aliphatic heterocycles. The monoisotopic (exact) mass is 269 g/mol. The Hall–Kier alpha value is -1.93. The molecule has 96 valence electrons. The third kappa shape index (κ3) is 2.20. The van der Waals surface area contributed by atoms with E-state index in [0.29, 0.717) is 5.71 Å². The maximum Gasteiger partial charge on any atom is 0.296 e. The van der Waals surface area contributed by atoms with Crippen LogP contribution in [0.15, 0.2) is 28.2 Å². The fourth-order valence-corrected chi connectivity index (χ4v) is 2.36.